The Morgan fingerprint density at radius 2 is 1.72 bits per heavy atom. The number of thiophene rings is 1. The lowest BCUT2D eigenvalue weighted by Gasteiger charge is -2.18. The number of hydrogen-bond acceptors (Lipinski definition) is 7. The summed E-state index contributed by atoms with van der Waals surface area (Å²) in [5.41, 5.74) is 3.69. The molecule has 0 bridgehead atoms. The van der Waals surface area contributed by atoms with Crippen LogP contribution in [0.25, 0.3) is 32.5 Å². The zero-order valence-corrected chi connectivity index (χ0v) is 22.6. The Labute approximate surface area is 228 Å². The van der Waals surface area contributed by atoms with Gasteiger partial charge in [-0.3, -0.25) is 18.8 Å². The summed E-state index contributed by atoms with van der Waals surface area (Å²) in [4.78, 5) is 44.6. The van der Waals surface area contributed by atoms with Gasteiger partial charge in [0.1, 0.15) is 22.3 Å². The van der Waals surface area contributed by atoms with E-state index >= 15 is 0 Å². The monoisotopic (exact) mass is 541 g/mol. The minimum absolute atomic E-state index is 0.141. The van der Waals surface area contributed by atoms with Crippen molar-refractivity contribution in [1.29, 1.82) is 0 Å². The van der Waals surface area contributed by atoms with Crippen LogP contribution in [0.2, 0.25) is 0 Å². The van der Waals surface area contributed by atoms with Gasteiger partial charge in [0.25, 0.3) is 5.56 Å². The Bertz CT molecular complexity index is 1700. The van der Waals surface area contributed by atoms with E-state index in [1.165, 1.54) is 33.1 Å². The van der Waals surface area contributed by atoms with Gasteiger partial charge in [-0.25, -0.2) is 9.78 Å². The van der Waals surface area contributed by atoms with Crippen LogP contribution in [0.15, 0.2) is 77.3 Å². The molecule has 3 heterocycles. The molecule has 0 radical (unpaired) electrons. The van der Waals surface area contributed by atoms with Crippen molar-refractivity contribution in [2.75, 3.05) is 11.9 Å². The van der Waals surface area contributed by atoms with Crippen molar-refractivity contribution in [3.63, 3.8) is 0 Å². The number of carbonyl (C=O) groups is 2. The molecular weight excluding hydrogens is 514 g/mol. The van der Waals surface area contributed by atoms with E-state index in [0.717, 1.165) is 22.3 Å². The lowest BCUT2D eigenvalue weighted by atomic mass is 10.0. The molecule has 2 aromatic carbocycles. The molecule has 0 aliphatic rings. The number of nitrogens with zero attached hydrogens (tertiary/aromatic N) is 4. The van der Waals surface area contributed by atoms with Crippen molar-refractivity contribution in [2.24, 2.45) is 7.05 Å². The van der Waals surface area contributed by atoms with Gasteiger partial charge < -0.3 is 10.1 Å². The molecule has 1 N–H and O–H groups in total. The number of aromatic nitrogens is 4. The molecule has 10 heteroatoms. The van der Waals surface area contributed by atoms with Gasteiger partial charge in [-0.15, -0.1) is 11.3 Å². The third-order valence-electron chi connectivity index (χ3n) is 6.52. The first-order valence-electron chi connectivity index (χ1n) is 12.6. The smallest absolute Gasteiger partial charge is 0.343 e. The predicted molar refractivity (Wildman–Crippen MR) is 152 cm³/mol. The molecule has 0 saturated carbocycles. The van der Waals surface area contributed by atoms with Crippen molar-refractivity contribution in [3.05, 3.63) is 88.4 Å². The molecule has 0 fully saturated rings. The fraction of sp³-hybridized carbons (Fsp3) is 0.207. The molecule has 1 unspecified atom stereocenters. The SMILES string of the molecule is CCOC(=O)c1cnn(C)c1NC(=O)C(CC)n1cnc2scc(-c3ccc(-c4ccccc4)cc3)c2c1=O. The Hall–Kier alpha value is -4.57. The second kappa shape index (κ2) is 11.0. The maximum atomic E-state index is 13.8. The van der Waals surface area contributed by atoms with Crippen molar-refractivity contribution in [3.8, 4) is 22.3 Å². The summed E-state index contributed by atoms with van der Waals surface area (Å²) in [7, 11) is 1.61. The summed E-state index contributed by atoms with van der Waals surface area (Å²) in [6, 6.07) is 17.3. The fourth-order valence-corrected chi connectivity index (χ4v) is 5.41. The summed E-state index contributed by atoms with van der Waals surface area (Å²) >= 11 is 1.39. The van der Waals surface area contributed by atoms with Gasteiger partial charge in [0, 0.05) is 18.0 Å². The number of benzene rings is 2. The first kappa shape index (κ1) is 26.1. The number of hydrogen-bond donors (Lipinski definition) is 1. The number of rotatable bonds is 8. The molecule has 1 atom stereocenters. The molecule has 0 aliphatic heterocycles. The van der Waals surface area contributed by atoms with E-state index in [2.05, 4.69) is 27.5 Å². The molecule has 0 saturated heterocycles. The van der Waals surface area contributed by atoms with Crippen molar-refractivity contribution >= 4 is 39.2 Å². The Morgan fingerprint density at radius 1 is 1.03 bits per heavy atom. The summed E-state index contributed by atoms with van der Waals surface area (Å²) < 4.78 is 7.81. The van der Waals surface area contributed by atoms with E-state index in [1.54, 1.807) is 14.0 Å². The normalized spacial score (nSPS) is 11.9. The highest BCUT2D eigenvalue weighted by Gasteiger charge is 2.26. The minimum Gasteiger partial charge on any atom is -0.462 e. The molecule has 0 spiro atoms. The Balaban J connectivity index is 1.48. The summed E-state index contributed by atoms with van der Waals surface area (Å²) in [6.45, 7) is 3.70. The van der Waals surface area contributed by atoms with E-state index in [0.29, 0.717) is 16.6 Å². The van der Waals surface area contributed by atoms with Crippen molar-refractivity contribution in [1.82, 2.24) is 19.3 Å². The second-order valence-corrected chi connectivity index (χ2v) is 9.75. The molecule has 0 aliphatic carbocycles. The molecule has 1 amide bonds. The van der Waals surface area contributed by atoms with E-state index < -0.39 is 17.9 Å². The molecule has 3 aromatic heterocycles. The standard InChI is InChI=1S/C29H27N5O4S/c1-4-23(26(35)32-25-21(15-31-33(25)3)29(37)38-5-2)34-17-30-27-24(28(34)36)22(16-39-27)20-13-11-19(12-14-20)18-9-7-6-8-10-18/h6-17,23H,4-5H2,1-3H3,(H,32,35). The van der Waals surface area contributed by atoms with Gasteiger partial charge in [-0.05, 0) is 30.0 Å². The van der Waals surface area contributed by atoms with Gasteiger partial charge >= 0.3 is 5.97 Å². The predicted octanol–water partition coefficient (Wildman–Crippen LogP) is 5.29. The zero-order chi connectivity index (χ0) is 27.5. The summed E-state index contributed by atoms with van der Waals surface area (Å²) in [5.74, 6) is -0.844. The van der Waals surface area contributed by atoms with Crippen LogP contribution in [0.5, 0.6) is 0 Å². The van der Waals surface area contributed by atoms with Crippen LogP contribution in [0, 0.1) is 0 Å². The molecule has 5 rings (SSSR count). The maximum Gasteiger partial charge on any atom is 0.343 e. The largest absolute Gasteiger partial charge is 0.462 e. The minimum atomic E-state index is -0.854. The van der Waals surface area contributed by atoms with Crippen LogP contribution >= 0.6 is 11.3 Å². The lowest BCUT2D eigenvalue weighted by Crippen LogP contribution is -2.34. The van der Waals surface area contributed by atoms with Crippen LogP contribution in [-0.4, -0.2) is 37.8 Å². The Morgan fingerprint density at radius 3 is 2.41 bits per heavy atom. The Kier molecular flexibility index (Phi) is 7.38. The molecule has 39 heavy (non-hydrogen) atoms. The number of nitrogens with one attached hydrogen (secondary N) is 1. The maximum absolute atomic E-state index is 13.8. The molecule has 9 nitrogen and oxygen atoms in total. The van der Waals surface area contributed by atoms with Gasteiger partial charge in [-0.2, -0.15) is 5.10 Å². The van der Waals surface area contributed by atoms with Gasteiger partial charge in [0.05, 0.1) is 24.5 Å². The zero-order valence-electron chi connectivity index (χ0n) is 21.7. The molecular formula is C29H27N5O4S. The number of carbonyl (C=O) groups excluding carboxylic acids is 2. The van der Waals surface area contributed by atoms with E-state index in [9.17, 15) is 14.4 Å². The van der Waals surface area contributed by atoms with E-state index in [4.69, 9.17) is 4.74 Å². The third-order valence-corrected chi connectivity index (χ3v) is 7.41. The highest BCUT2D eigenvalue weighted by atomic mass is 32.1. The summed E-state index contributed by atoms with van der Waals surface area (Å²) in [5, 5.41) is 9.22. The third kappa shape index (κ3) is 4.98. The number of fused-ring (bicyclic) bond motifs is 1. The van der Waals surface area contributed by atoms with Crippen LogP contribution in [0.3, 0.4) is 0 Å². The number of ether oxygens (including phenoxy) is 1. The first-order valence-corrected chi connectivity index (χ1v) is 13.4. The second-order valence-electron chi connectivity index (χ2n) is 8.89. The van der Waals surface area contributed by atoms with Gasteiger partial charge in [-0.1, -0.05) is 61.5 Å². The number of amides is 1. The van der Waals surface area contributed by atoms with Crippen LogP contribution in [-0.2, 0) is 16.6 Å². The average Bonchev–Trinajstić information content (AvgIpc) is 3.55. The number of anilines is 1. The topological polar surface area (TPSA) is 108 Å². The highest BCUT2D eigenvalue weighted by Crippen LogP contribution is 2.32. The van der Waals surface area contributed by atoms with Gasteiger partial charge in [0.2, 0.25) is 5.91 Å². The quantitative estimate of drug-likeness (QED) is 0.267. The van der Waals surface area contributed by atoms with Crippen molar-refractivity contribution in [2.45, 2.75) is 26.3 Å². The van der Waals surface area contributed by atoms with Crippen LogP contribution < -0.4 is 10.9 Å². The van der Waals surface area contributed by atoms with Crippen LogP contribution in [0.1, 0.15) is 36.7 Å². The fourth-order valence-electron chi connectivity index (χ4n) is 4.51. The van der Waals surface area contributed by atoms with Gasteiger partial charge in [0.15, 0.2) is 0 Å². The number of esters is 1. The lowest BCUT2D eigenvalue weighted by molar-refractivity contribution is -0.119. The van der Waals surface area contributed by atoms with Crippen molar-refractivity contribution < 1.29 is 14.3 Å². The van der Waals surface area contributed by atoms with Crippen LogP contribution in [0.4, 0.5) is 5.82 Å². The molecule has 5 aromatic rings. The van der Waals surface area contributed by atoms with E-state index in [-0.39, 0.29) is 23.5 Å². The highest BCUT2D eigenvalue weighted by molar-refractivity contribution is 7.17. The average molecular weight is 542 g/mol. The van der Waals surface area contributed by atoms with E-state index in [1.807, 2.05) is 54.8 Å². The molecule has 198 valence electrons. The number of aryl methyl sites for hydroxylation is 1. The summed E-state index contributed by atoms with van der Waals surface area (Å²) in [6.07, 6.45) is 3.08. The first-order chi connectivity index (χ1) is 18.9.